The number of ether oxygens (including phenoxy) is 1. The standard InChI is InChI=1S/C59H57N5O.Pt/c1-56(2,3)40-17-13-16-39(29-40)48-20-15-21-52-55(48)63(45-31-42(58(7,8)9)30-43(32-45)59(10,11)12)37-62(52)44-18-14-19-46(34-44)65-47-23-24-49-50-28-38(36-60)22-25-51(50)64(53(49)35-47)54-33-41(26-27-61-54)57(4,5)6;/h13-33H,1-12H3;/q;+2. The molecule has 7 heteroatoms. The van der Waals surface area contributed by atoms with Gasteiger partial charge in [0.15, 0.2) is 0 Å². The number of para-hydroxylation sites is 1. The van der Waals surface area contributed by atoms with Crippen molar-refractivity contribution in [2.24, 2.45) is 0 Å². The van der Waals surface area contributed by atoms with Crippen molar-refractivity contribution >= 4 is 50.6 Å². The summed E-state index contributed by atoms with van der Waals surface area (Å²) in [6.45, 7) is 27.1. The molecule has 0 amide bonds. The van der Waals surface area contributed by atoms with E-state index < -0.39 is 0 Å². The Hall–Kier alpha value is -6.37. The van der Waals surface area contributed by atoms with Crippen molar-refractivity contribution in [2.45, 2.75) is 105 Å². The summed E-state index contributed by atoms with van der Waals surface area (Å²) in [5.41, 5.74) is 13.3. The molecule has 0 spiro atoms. The Morgan fingerprint density at radius 2 is 1.26 bits per heavy atom. The summed E-state index contributed by atoms with van der Waals surface area (Å²) < 4.78 is 13.1. The van der Waals surface area contributed by atoms with Crippen LogP contribution in [0.25, 0.3) is 38.8 Å². The first-order chi connectivity index (χ1) is 30.7. The van der Waals surface area contributed by atoms with Gasteiger partial charge in [-0.15, -0.1) is 23.6 Å². The SMILES string of the molecule is CC(C)(C)c1cccc(-c2cccc3c2[N+](c2cc(C(C)(C)C)cc(C(C)(C)C)c2)=C=[N+]3c2[c-]c(Oc3[c-]c4c(cc3)c3cc(C#N)ccc3n4-c3cc(C(C)(C)C)ccn3)ccc2)c1.[Pt+2]. The van der Waals surface area contributed by atoms with Crippen LogP contribution in [0.2, 0.25) is 0 Å². The minimum Gasteiger partial charge on any atom is -0.509 e. The molecule has 66 heavy (non-hydrogen) atoms. The van der Waals surface area contributed by atoms with E-state index in [9.17, 15) is 5.26 Å². The van der Waals surface area contributed by atoms with Crippen molar-refractivity contribution < 1.29 is 25.8 Å². The molecule has 0 saturated heterocycles. The van der Waals surface area contributed by atoms with Gasteiger partial charge in [0.05, 0.1) is 17.2 Å². The number of hydrogen-bond donors (Lipinski definition) is 0. The second-order valence-electron chi connectivity index (χ2n) is 21.5. The predicted octanol–water partition coefficient (Wildman–Crippen LogP) is 15.2. The van der Waals surface area contributed by atoms with Crippen molar-refractivity contribution in [3.63, 3.8) is 0 Å². The summed E-state index contributed by atoms with van der Waals surface area (Å²) in [6, 6.07) is 55.7. The Bertz CT molecular complexity index is 3300. The van der Waals surface area contributed by atoms with Gasteiger partial charge in [0.25, 0.3) is 5.69 Å². The van der Waals surface area contributed by atoms with Crippen molar-refractivity contribution in [3.8, 4) is 34.5 Å². The average Bonchev–Trinajstić information content (AvgIpc) is 3.81. The van der Waals surface area contributed by atoms with Crippen LogP contribution >= 0.6 is 0 Å². The molecule has 9 rings (SSSR count). The quantitative estimate of drug-likeness (QED) is 0.123. The molecule has 0 radical (unpaired) electrons. The molecular weight excluding hydrogens is 990 g/mol. The van der Waals surface area contributed by atoms with Crippen molar-refractivity contribution in [3.05, 3.63) is 167 Å². The van der Waals surface area contributed by atoms with Crippen LogP contribution in [0, 0.1) is 23.5 Å². The molecule has 0 saturated carbocycles. The maximum absolute atomic E-state index is 9.83. The third kappa shape index (κ3) is 8.71. The minimum atomic E-state index is -0.0737. The van der Waals surface area contributed by atoms with Crippen molar-refractivity contribution in [2.75, 3.05) is 0 Å². The molecule has 0 N–H and O–H groups in total. The fourth-order valence-electron chi connectivity index (χ4n) is 8.56. The molecular formula is C59H57N5OPt+2. The van der Waals surface area contributed by atoms with Gasteiger partial charge in [-0.05, 0) is 95.8 Å². The molecule has 1 aliphatic heterocycles. The molecule has 0 fully saturated rings. The number of rotatable bonds is 6. The number of aromatic nitrogens is 2. The number of benzene rings is 6. The van der Waals surface area contributed by atoms with Crippen LogP contribution in [0.1, 0.15) is 111 Å². The summed E-state index contributed by atoms with van der Waals surface area (Å²) in [5, 5.41) is 11.7. The van der Waals surface area contributed by atoms with E-state index in [0.717, 1.165) is 61.5 Å². The molecule has 0 bridgehead atoms. The zero-order valence-electron chi connectivity index (χ0n) is 40.1. The largest absolute Gasteiger partial charge is 2.00 e. The van der Waals surface area contributed by atoms with Crippen LogP contribution in [0.4, 0.5) is 22.7 Å². The molecule has 1 aliphatic rings. The molecule has 332 valence electrons. The first kappa shape index (κ1) is 46.2. The van der Waals surface area contributed by atoms with Crippen LogP contribution in [0.3, 0.4) is 0 Å². The second-order valence-corrected chi connectivity index (χ2v) is 21.5. The van der Waals surface area contributed by atoms with E-state index in [0.29, 0.717) is 17.1 Å². The van der Waals surface area contributed by atoms with Gasteiger partial charge in [-0.2, -0.15) is 17.4 Å². The van der Waals surface area contributed by atoms with Crippen molar-refractivity contribution in [1.29, 1.82) is 5.26 Å². The number of fused-ring (bicyclic) bond motifs is 4. The topological polar surface area (TPSA) is 56.9 Å². The Kier molecular flexibility index (Phi) is 11.8. The van der Waals surface area contributed by atoms with Crippen LogP contribution < -0.4 is 13.9 Å². The van der Waals surface area contributed by atoms with Gasteiger partial charge in [0.1, 0.15) is 11.5 Å². The van der Waals surface area contributed by atoms with Crippen LogP contribution in [-0.2, 0) is 42.7 Å². The Morgan fingerprint density at radius 1 is 0.606 bits per heavy atom. The molecule has 3 heterocycles. The Labute approximate surface area is 404 Å². The molecule has 6 aromatic carbocycles. The fraction of sp³-hybridized carbons (Fsp3) is 0.271. The fourth-order valence-corrected chi connectivity index (χ4v) is 8.56. The molecule has 6 nitrogen and oxygen atoms in total. The third-order valence-electron chi connectivity index (χ3n) is 12.5. The summed E-state index contributed by atoms with van der Waals surface area (Å²) >= 11 is 0. The Balaban J connectivity index is 0.00000592. The van der Waals surface area contributed by atoms with E-state index in [-0.39, 0.29) is 42.7 Å². The van der Waals surface area contributed by atoms with E-state index in [4.69, 9.17) is 9.72 Å². The minimum absolute atomic E-state index is 0. The predicted molar refractivity (Wildman–Crippen MR) is 269 cm³/mol. The van der Waals surface area contributed by atoms with E-state index in [2.05, 4.69) is 200 Å². The van der Waals surface area contributed by atoms with Gasteiger partial charge in [0, 0.05) is 41.4 Å². The molecule has 0 aliphatic carbocycles. The molecule has 0 unspecified atom stereocenters. The van der Waals surface area contributed by atoms with E-state index in [1.54, 1.807) is 0 Å². The molecule has 8 aromatic rings. The Morgan fingerprint density at radius 3 is 1.94 bits per heavy atom. The first-order valence-corrected chi connectivity index (χ1v) is 22.5. The van der Waals surface area contributed by atoms with Crippen LogP contribution in [0.15, 0.2) is 128 Å². The summed E-state index contributed by atoms with van der Waals surface area (Å²) in [6.07, 6.45) is 1.86. The smallest absolute Gasteiger partial charge is 0.509 e. The maximum Gasteiger partial charge on any atom is 2.00 e. The van der Waals surface area contributed by atoms with E-state index in [1.807, 2.05) is 48.7 Å². The summed E-state index contributed by atoms with van der Waals surface area (Å²) in [5.74, 6) is 1.86. The van der Waals surface area contributed by atoms with Gasteiger partial charge in [-0.1, -0.05) is 142 Å². The first-order valence-electron chi connectivity index (χ1n) is 22.5. The normalized spacial score (nSPS) is 13.0. The maximum atomic E-state index is 9.83. The van der Waals surface area contributed by atoms with Crippen molar-refractivity contribution in [1.82, 2.24) is 18.7 Å². The zero-order chi connectivity index (χ0) is 46.2. The second kappa shape index (κ2) is 16.8. The van der Waals surface area contributed by atoms with Gasteiger partial charge in [0.2, 0.25) is 5.69 Å². The zero-order valence-corrected chi connectivity index (χ0v) is 42.4. The molecule has 0 atom stereocenters. The third-order valence-corrected chi connectivity index (χ3v) is 12.5. The van der Waals surface area contributed by atoms with Gasteiger partial charge in [-0.25, -0.2) is 4.98 Å². The van der Waals surface area contributed by atoms with Gasteiger partial charge < -0.3 is 9.30 Å². The van der Waals surface area contributed by atoms with Gasteiger partial charge in [-0.3, -0.25) is 0 Å². The summed E-state index contributed by atoms with van der Waals surface area (Å²) in [4.78, 5) is 4.84. The monoisotopic (exact) mass is 1050 g/mol. The average molecular weight is 1050 g/mol. The van der Waals surface area contributed by atoms with Gasteiger partial charge >= 0.3 is 32.8 Å². The number of hydrogen-bond acceptors (Lipinski definition) is 3. The number of nitriles is 1. The summed E-state index contributed by atoms with van der Waals surface area (Å²) in [7, 11) is 0. The van der Waals surface area contributed by atoms with Crippen LogP contribution in [0.5, 0.6) is 11.5 Å². The van der Waals surface area contributed by atoms with E-state index >= 15 is 0 Å². The van der Waals surface area contributed by atoms with E-state index in [1.165, 1.54) is 22.3 Å². The number of nitrogens with zero attached hydrogens (tertiary/aromatic N) is 5. The molecule has 2 aromatic heterocycles. The van der Waals surface area contributed by atoms with Crippen LogP contribution in [-0.4, -0.2) is 15.6 Å². The number of pyridine rings is 1.